The molecule has 0 unspecified atom stereocenters. The number of nitrogens with one attached hydrogen (secondary N) is 1. The molecule has 0 saturated carbocycles. The highest BCUT2D eigenvalue weighted by atomic mass is 32.2. The number of rotatable bonds is 3. The molecule has 21 heavy (non-hydrogen) atoms. The standard InChI is InChI=1S/C14H20N4O2S/c1-8-6-12(15)11(4)14(10(8)3)21(19,20)17-13-7-9(2)16-18(13)5/h6-7,17H,15H2,1-5H3. The topological polar surface area (TPSA) is 90.0 Å². The van der Waals surface area contributed by atoms with E-state index >= 15 is 0 Å². The van der Waals surface area contributed by atoms with Crippen LogP contribution in [0.5, 0.6) is 0 Å². The molecule has 1 aromatic heterocycles. The van der Waals surface area contributed by atoms with E-state index in [4.69, 9.17) is 5.73 Å². The molecule has 0 aliphatic heterocycles. The quantitative estimate of drug-likeness (QED) is 0.849. The Hall–Kier alpha value is -2.02. The van der Waals surface area contributed by atoms with Crippen LogP contribution in [0, 0.1) is 27.7 Å². The predicted molar refractivity (Wildman–Crippen MR) is 83.8 cm³/mol. The Kier molecular flexibility index (Phi) is 3.71. The van der Waals surface area contributed by atoms with Crippen LogP contribution in [0.3, 0.4) is 0 Å². The summed E-state index contributed by atoms with van der Waals surface area (Å²) in [6.07, 6.45) is 0. The van der Waals surface area contributed by atoms with E-state index in [0.29, 0.717) is 22.6 Å². The SMILES string of the molecule is Cc1cc(NS(=O)(=O)c2c(C)c(C)cc(N)c2C)n(C)n1. The van der Waals surface area contributed by atoms with E-state index in [0.717, 1.165) is 11.3 Å². The Balaban J connectivity index is 2.58. The van der Waals surface area contributed by atoms with E-state index < -0.39 is 10.0 Å². The molecule has 1 heterocycles. The molecule has 0 radical (unpaired) electrons. The van der Waals surface area contributed by atoms with Gasteiger partial charge in [-0.15, -0.1) is 0 Å². The van der Waals surface area contributed by atoms with Crippen molar-refractivity contribution in [2.45, 2.75) is 32.6 Å². The van der Waals surface area contributed by atoms with Crippen LogP contribution >= 0.6 is 0 Å². The maximum Gasteiger partial charge on any atom is 0.263 e. The van der Waals surface area contributed by atoms with Crippen LogP contribution in [0.15, 0.2) is 17.0 Å². The summed E-state index contributed by atoms with van der Waals surface area (Å²) in [4.78, 5) is 0.235. The number of nitrogens with two attached hydrogens (primary N) is 1. The molecule has 2 aromatic rings. The number of sulfonamides is 1. The molecular formula is C14H20N4O2S. The normalized spacial score (nSPS) is 11.7. The smallest absolute Gasteiger partial charge is 0.263 e. The predicted octanol–water partition coefficient (Wildman–Crippen LogP) is 2.04. The maximum atomic E-state index is 12.7. The van der Waals surface area contributed by atoms with Crippen molar-refractivity contribution in [3.8, 4) is 0 Å². The highest BCUT2D eigenvalue weighted by Crippen LogP contribution is 2.29. The molecule has 0 saturated heterocycles. The van der Waals surface area contributed by atoms with Gasteiger partial charge in [-0.2, -0.15) is 5.10 Å². The molecule has 0 amide bonds. The minimum absolute atomic E-state index is 0.235. The monoisotopic (exact) mass is 308 g/mol. The molecule has 0 atom stereocenters. The second-order valence-electron chi connectivity index (χ2n) is 5.26. The van der Waals surface area contributed by atoms with Crippen molar-refractivity contribution in [2.75, 3.05) is 10.5 Å². The van der Waals surface area contributed by atoms with Crippen LogP contribution in [0.1, 0.15) is 22.4 Å². The molecule has 0 fully saturated rings. The Bertz CT molecular complexity index is 781. The molecule has 114 valence electrons. The van der Waals surface area contributed by atoms with Crippen LogP contribution in [-0.2, 0) is 17.1 Å². The van der Waals surface area contributed by atoms with Crippen molar-refractivity contribution >= 4 is 21.5 Å². The molecule has 1 aromatic carbocycles. The number of benzene rings is 1. The summed E-state index contributed by atoms with van der Waals surface area (Å²) < 4.78 is 29.5. The van der Waals surface area contributed by atoms with Gasteiger partial charge in [-0.05, 0) is 50.5 Å². The van der Waals surface area contributed by atoms with E-state index in [1.165, 1.54) is 4.68 Å². The Morgan fingerprint density at radius 1 is 1.14 bits per heavy atom. The summed E-state index contributed by atoms with van der Waals surface area (Å²) >= 11 is 0. The van der Waals surface area contributed by atoms with E-state index in [1.54, 1.807) is 40.0 Å². The molecule has 3 N–H and O–H groups in total. The summed E-state index contributed by atoms with van der Waals surface area (Å²) in [6, 6.07) is 3.47. The minimum Gasteiger partial charge on any atom is -0.398 e. The third kappa shape index (κ3) is 2.73. The number of aryl methyl sites for hydroxylation is 3. The van der Waals surface area contributed by atoms with Crippen LogP contribution in [0.4, 0.5) is 11.5 Å². The van der Waals surface area contributed by atoms with Gasteiger partial charge in [-0.3, -0.25) is 9.40 Å². The highest BCUT2D eigenvalue weighted by Gasteiger charge is 2.23. The lowest BCUT2D eigenvalue weighted by molar-refractivity contribution is 0.599. The average molecular weight is 308 g/mol. The van der Waals surface area contributed by atoms with Crippen LogP contribution in [0.2, 0.25) is 0 Å². The zero-order valence-electron chi connectivity index (χ0n) is 12.9. The van der Waals surface area contributed by atoms with Gasteiger partial charge < -0.3 is 5.73 Å². The summed E-state index contributed by atoms with van der Waals surface area (Å²) in [5.41, 5.74) is 9.23. The molecule has 6 nitrogen and oxygen atoms in total. The Morgan fingerprint density at radius 3 is 2.29 bits per heavy atom. The summed E-state index contributed by atoms with van der Waals surface area (Å²) in [5.74, 6) is 0.423. The summed E-state index contributed by atoms with van der Waals surface area (Å²) in [6.45, 7) is 7.15. The summed E-state index contributed by atoms with van der Waals surface area (Å²) in [5, 5.41) is 4.13. The lowest BCUT2D eigenvalue weighted by Gasteiger charge is -2.16. The van der Waals surface area contributed by atoms with Crippen molar-refractivity contribution in [2.24, 2.45) is 7.05 Å². The molecule has 0 aliphatic carbocycles. The first-order valence-electron chi connectivity index (χ1n) is 6.53. The largest absolute Gasteiger partial charge is 0.398 e. The fourth-order valence-corrected chi connectivity index (χ4v) is 3.99. The van der Waals surface area contributed by atoms with Crippen LogP contribution < -0.4 is 10.5 Å². The Morgan fingerprint density at radius 2 is 1.76 bits per heavy atom. The van der Waals surface area contributed by atoms with Crippen molar-refractivity contribution in [3.63, 3.8) is 0 Å². The first kappa shape index (κ1) is 15.4. The van der Waals surface area contributed by atoms with Crippen molar-refractivity contribution < 1.29 is 8.42 Å². The number of hydrogen-bond donors (Lipinski definition) is 2. The first-order chi connectivity index (χ1) is 9.63. The second kappa shape index (κ2) is 5.07. The van der Waals surface area contributed by atoms with Gasteiger partial charge in [0.15, 0.2) is 0 Å². The number of anilines is 2. The van der Waals surface area contributed by atoms with Crippen LogP contribution in [-0.4, -0.2) is 18.2 Å². The minimum atomic E-state index is -3.72. The molecule has 2 rings (SSSR count). The lowest BCUT2D eigenvalue weighted by atomic mass is 10.1. The third-order valence-corrected chi connectivity index (χ3v) is 5.22. The lowest BCUT2D eigenvalue weighted by Crippen LogP contribution is -2.18. The molecular weight excluding hydrogens is 288 g/mol. The van der Waals surface area contributed by atoms with Crippen molar-refractivity contribution in [3.05, 3.63) is 34.5 Å². The summed E-state index contributed by atoms with van der Waals surface area (Å²) in [7, 11) is -2.03. The van der Waals surface area contributed by atoms with Crippen molar-refractivity contribution in [1.82, 2.24) is 9.78 Å². The van der Waals surface area contributed by atoms with Crippen LogP contribution in [0.25, 0.3) is 0 Å². The number of hydrogen-bond acceptors (Lipinski definition) is 4. The zero-order chi connectivity index (χ0) is 15.9. The van der Waals surface area contributed by atoms with Gasteiger partial charge in [0.1, 0.15) is 5.82 Å². The van der Waals surface area contributed by atoms with Gasteiger partial charge in [0.2, 0.25) is 0 Å². The third-order valence-electron chi connectivity index (χ3n) is 3.59. The van der Waals surface area contributed by atoms with Gasteiger partial charge in [-0.25, -0.2) is 8.42 Å². The van der Waals surface area contributed by atoms with E-state index in [1.807, 2.05) is 6.92 Å². The van der Waals surface area contributed by atoms with Gasteiger partial charge in [0, 0.05) is 18.8 Å². The van der Waals surface area contributed by atoms with Gasteiger partial charge in [-0.1, -0.05) is 0 Å². The first-order valence-corrected chi connectivity index (χ1v) is 8.01. The maximum absolute atomic E-state index is 12.7. The number of nitrogen functional groups attached to an aromatic ring is 1. The second-order valence-corrected chi connectivity index (χ2v) is 6.88. The number of aromatic nitrogens is 2. The van der Waals surface area contributed by atoms with E-state index in [2.05, 4.69) is 9.82 Å². The fraction of sp³-hybridized carbons (Fsp3) is 0.357. The van der Waals surface area contributed by atoms with Gasteiger partial charge >= 0.3 is 0 Å². The molecule has 7 heteroatoms. The average Bonchev–Trinajstić information content (AvgIpc) is 2.64. The van der Waals surface area contributed by atoms with E-state index in [9.17, 15) is 8.42 Å². The molecule has 0 aliphatic rings. The van der Waals surface area contributed by atoms with Gasteiger partial charge in [0.05, 0.1) is 10.6 Å². The number of nitrogens with zero attached hydrogens (tertiary/aromatic N) is 2. The molecule has 0 spiro atoms. The Labute approximate surface area is 125 Å². The fourth-order valence-electron chi connectivity index (χ4n) is 2.34. The van der Waals surface area contributed by atoms with E-state index in [-0.39, 0.29) is 4.90 Å². The van der Waals surface area contributed by atoms with Gasteiger partial charge in [0.25, 0.3) is 10.0 Å². The zero-order valence-corrected chi connectivity index (χ0v) is 13.7. The highest BCUT2D eigenvalue weighted by molar-refractivity contribution is 7.92. The van der Waals surface area contributed by atoms with Crippen molar-refractivity contribution in [1.29, 1.82) is 0 Å². The molecule has 0 bridgehead atoms.